The summed E-state index contributed by atoms with van der Waals surface area (Å²) in [5.41, 5.74) is 0.0819. The van der Waals surface area contributed by atoms with Crippen LogP contribution < -0.4 is 0 Å². The molecular weight excluding hydrogens is 313 g/mol. The minimum atomic E-state index is -4.49. The normalized spacial score (nSPS) is 11.3. The van der Waals surface area contributed by atoms with Gasteiger partial charge in [0.25, 0.3) is 0 Å². The Morgan fingerprint density at radius 2 is 1.82 bits per heavy atom. The van der Waals surface area contributed by atoms with Crippen molar-refractivity contribution in [3.8, 4) is 0 Å². The molecule has 0 aliphatic carbocycles. The van der Waals surface area contributed by atoms with Crippen molar-refractivity contribution in [3.05, 3.63) is 65.2 Å². The van der Waals surface area contributed by atoms with Crippen molar-refractivity contribution in [2.75, 3.05) is 7.11 Å². The molecule has 0 radical (unpaired) electrons. The number of alkyl halides is 3. The van der Waals surface area contributed by atoms with Crippen LogP contribution in [0.25, 0.3) is 0 Å². The molecule has 2 nitrogen and oxygen atoms in total. The summed E-state index contributed by atoms with van der Waals surface area (Å²) in [5, 5.41) is 0. The number of carbonyl (C=O) groups is 1. The molecule has 6 heteroatoms. The summed E-state index contributed by atoms with van der Waals surface area (Å²) < 4.78 is 42.9. The molecule has 0 N–H and O–H groups in total. The minimum Gasteiger partial charge on any atom is -0.465 e. The Hall–Kier alpha value is -1.95. The molecule has 2 aromatic carbocycles. The minimum absolute atomic E-state index is 0.0711. The number of esters is 1. The van der Waals surface area contributed by atoms with Crippen molar-refractivity contribution < 1.29 is 22.7 Å². The number of hydrogen-bond donors (Lipinski definition) is 0. The molecule has 116 valence electrons. The first-order valence-electron chi connectivity index (χ1n) is 6.38. The van der Waals surface area contributed by atoms with Crippen LogP contribution in [0.2, 0.25) is 0 Å². The summed E-state index contributed by atoms with van der Waals surface area (Å²) in [6.45, 7) is 0. The molecule has 0 aromatic heterocycles. The van der Waals surface area contributed by atoms with Crippen molar-refractivity contribution in [1.82, 2.24) is 0 Å². The van der Waals surface area contributed by atoms with E-state index < -0.39 is 17.7 Å². The fraction of sp³-hybridized carbons (Fsp3) is 0.188. The summed E-state index contributed by atoms with van der Waals surface area (Å²) in [5.74, 6) is -0.224. The van der Waals surface area contributed by atoms with Crippen LogP contribution in [0.5, 0.6) is 0 Å². The maximum atomic E-state index is 12.8. The van der Waals surface area contributed by atoms with Crippen LogP contribution in [0, 0.1) is 0 Å². The SMILES string of the molecule is COC(=O)c1cc(C(F)(F)F)ccc1SCc1ccccc1. The van der Waals surface area contributed by atoms with E-state index in [-0.39, 0.29) is 5.56 Å². The number of hydrogen-bond acceptors (Lipinski definition) is 3. The van der Waals surface area contributed by atoms with E-state index in [2.05, 4.69) is 4.74 Å². The van der Waals surface area contributed by atoms with Gasteiger partial charge in [-0.15, -0.1) is 11.8 Å². The number of rotatable bonds is 4. The van der Waals surface area contributed by atoms with E-state index in [1.54, 1.807) is 0 Å². The monoisotopic (exact) mass is 326 g/mol. The lowest BCUT2D eigenvalue weighted by Gasteiger charge is -2.12. The number of carbonyl (C=O) groups excluding carboxylic acids is 1. The van der Waals surface area contributed by atoms with Crippen LogP contribution in [0.4, 0.5) is 13.2 Å². The Bertz CT molecular complexity index is 654. The fourth-order valence-electron chi connectivity index (χ4n) is 1.84. The lowest BCUT2D eigenvalue weighted by atomic mass is 10.1. The second-order valence-electron chi connectivity index (χ2n) is 4.47. The molecule has 0 saturated heterocycles. The zero-order valence-electron chi connectivity index (χ0n) is 11.7. The van der Waals surface area contributed by atoms with Gasteiger partial charge in [-0.3, -0.25) is 0 Å². The molecule has 0 heterocycles. The first kappa shape index (κ1) is 16.4. The van der Waals surface area contributed by atoms with E-state index in [4.69, 9.17) is 0 Å². The Labute approximate surface area is 130 Å². The Balaban J connectivity index is 2.28. The Kier molecular flexibility index (Phi) is 5.13. The zero-order valence-corrected chi connectivity index (χ0v) is 12.5. The molecule has 0 amide bonds. The van der Waals surface area contributed by atoms with Gasteiger partial charge in [0.1, 0.15) is 0 Å². The molecule has 0 saturated carbocycles. The van der Waals surface area contributed by atoms with Crippen LogP contribution in [-0.2, 0) is 16.7 Å². The number of ether oxygens (including phenoxy) is 1. The van der Waals surface area contributed by atoms with Crippen molar-refractivity contribution >= 4 is 17.7 Å². The van der Waals surface area contributed by atoms with E-state index in [0.717, 1.165) is 24.8 Å². The molecule has 0 spiro atoms. The van der Waals surface area contributed by atoms with Gasteiger partial charge in [-0.25, -0.2) is 4.79 Å². The molecule has 0 aliphatic heterocycles. The molecule has 2 aromatic rings. The van der Waals surface area contributed by atoms with Crippen molar-refractivity contribution in [2.24, 2.45) is 0 Å². The average Bonchev–Trinajstić information content (AvgIpc) is 2.52. The summed E-state index contributed by atoms with van der Waals surface area (Å²) in [6.07, 6.45) is -4.49. The van der Waals surface area contributed by atoms with Gasteiger partial charge in [0, 0.05) is 10.6 Å². The highest BCUT2D eigenvalue weighted by Crippen LogP contribution is 2.34. The predicted molar refractivity (Wildman–Crippen MR) is 78.8 cm³/mol. The van der Waals surface area contributed by atoms with Gasteiger partial charge in [0.05, 0.1) is 18.2 Å². The van der Waals surface area contributed by atoms with Gasteiger partial charge in [-0.1, -0.05) is 30.3 Å². The van der Waals surface area contributed by atoms with Crippen molar-refractivity contribution in [3.63, 3.8) is 0 Å². The van der Waals surface area contributed by atoms with Crippen molar-refractivity contribution in [2.45, 2.75) is 16.8 Å². The highest BCUT2D eigenvalue weighted by atomic mass is 32.2. The van der Waals surface area contributed by atoms with Gasteiger partial charge in [-0.05, 0) is 23.8 Å². The second-order valence-corrected chi connectivity index (χ2v) is 5.49. The maximum absolute atomic E-state index is 12.8. The highest BCUT2D eigenvalue weighted by molar-refractivity contribution is 7.98. The zero-order chi connectivity index (χ0) is 16.2. The summed E-state index contributed by atoms with van der Waals surface area (Å²) in [4.78, 5) is 12.2. The molecule has 22 heavy (non-hydrogen) atoms. The average molecular weight is 326 g/mol. The van der Waals surface area contributed by atoms with Crippen LogP contribution in [0.15, 0.2) is 53.4 Å². The molecule has 0 atom stereocenters. The topological polar surface area (TPSA) is 26.3 Å². The van der Waals surface area contributed by atoms with E-state index in [1.165, 1.54) is 17.8 Å². The molecule has 0 unspecified atom stereocenters. The summed E-state index contributed by atoms with van der Waals surface area (Å²) in [7, 11) is 1.15. The third-order valence-corrected chi connectivity index (χ3v) is 4.09. The predicted octanol–water partition coefficient (Wildman–Crippen LogP) is 4.78. The lowest BCUT2D eigenvalue weighted by Crippen LogP contribution is -2.09. The fourth-order valence-corrected chi connectivity index (χ4v) is 2.81. The Morgan fingerprint density at radius 1 is 1.14 bits per heavy atom. The molecule has 0 bridgehead atoms. The number of thioether (sulfide) groups is 1. The Morgan fingerprint density at radius 3 is 2.41 bits per heavy atom. The maximum Gasteiger partial charge on any atom is 0.416 e. The van der Waals surface area contributed by atoms with Gasteiger partial charge >= 0.3 is 12.1 Å². The largest absolute Gasteiger partial charge is 0.465 e. The van der Waals surface area contributed by atoms with Gasteiger partial charge in [-0.2, -0.15) is 13.2 Å². The highest BCUT2D eigenvalue weighted by Gasteiger charge is 2.32. The lowest BCUT2D eigenvalue weighted by molar-refractivity contribution is -0.137. The first-order chi connectivity index (χ1) is 10.4. The smallest absolute Gasteiger partial charge is 0.416 e. The van der Waals surface area contributed by atoms with Crippen molar-refractivity contribution in [1.29, 1.82) is 0 Å². The summed E-state index contributed by atoms with van der Waals surface area (Å²) >= 11 is 1.29. The molecule has 0 fully saturated rings. The van der Waals surface area contributed by atoms with Crippen LogP contribution in [-0.4, -0.2) is 13.1 Å². The van der Waals surface area contributed by atoms with Crippen LogP contribution >= 0.6 is 11.8 Å². The van der Waals surface area contributed by atoms with E-state index in [9.17, 15) is 18.0 Å². The third kappa shape index (κ3) is 4.04. The van der Waals surface area contributed by atoms with Crippen LogP contribution in [0.3, 0.4) is 0 Å². The number of methoxy groups -OCH3 is 1. The standard InChI is InChI=1S/C16H13F3O2S/c1-21-15(20)13-9-12(16(17,18)19)7-8-14(13)22-10-11-5-3-2-4-6-11/h2-9H,10H2,1H3. The van der Waals surface area contributed by atoms with Gasteiger partial charge in [0.2, 0.25) is 0 Å². The molecular formula is C16H13F3O2S. The molecule has 2 rings (SSSR count). The quantitative estimate of drug-likeness (QED) is 0.597. The number of benzene rings is 2. The van der Waals surface area contributed by atoms with E-state index in [0.29, 0.717) is 10.6 Å². The van der Waals surface area contributed by atoms with E-state index in [1.807, 2.05) is 30.3 Å². The van der Waals surface area contributed by atoms with Crippen LogP contribution in [0.1, 0.15) is 21.5 Å². The van der Waals surface area contributed by atoms with Gasteiger partial charge in [0.15, 0.2) is 0 Å². The first-order valence-corrected chi connectivity index (χ1v) is 7.36. The van der Waals surface area contributed by atoms with Gasteiger partial charge < -0.3 is 4.74 Å². The number of halogens is 3. The molecule has 0 aliphatic rings. The summed E-state index contributed by atoms with van der Waals surface area (Å²) in [6, 6.07) is 12.6. The second kappa shape index (κ2) is 6.87. The third-order valence-electron chi connectivity index (χ3n) is 2.95. The van der Waals surface area contributed by atoms with E-state index >= 15 is 0 Å².